The van der Waals surface area contributed by atoms with Gasteiger partial charge >= 0.3 is 0 Å². The van der Waals surface area contributed by atoms with E-state index >= 15 is 0 Å². The summed E-state index contributed by atoms with van der Waals surface area (Å²) in [4.78, 5) is 15.7. The molecule has 0 aliphatic carbocycles. The number of hydrogen-bond donors (Lipinski definition) is 0. The van der Waals surface area contributed by atoms with Crippen LogP contribution in [0.2, 0.25) is 0 Å². The number of rotatable bonds is 10. The van der Waals surface area contributed by atoms with Crippen molar-refractivity contribution >= 4 is 40.3 Å². The summed E-state index contributed by atoms with van der Waals surface area (Å²) < 4.78 is 18.8. The van der Waals surface area contributed by atoms with Crippen LogP contribution < -0.4 is 14.2 Å². The van der Waals surface area contributed by atoms with Crippen LogP contribution in [0, 0.1) is 0 Å². The van der Waals surface area contributed by atoms with E-state index in [-0.39, 0.29) is 5.91 Å². The minimum Gasteiger partial charge on any atom is -0.494 e. The normalized spacial score (nSPS) is 14.2. The van der Waals surface area contributed by atoms with Crippen LogP contribution in [0.1, 0.15) is 18.1 Å². The van der Waals surface area contributed by atoms with Gasteiger partial charge in [-0.05, 0) is 61.4 Å². The van der Waals surface area contributed by atoms with Crippen molar-refractivity contribution in [3.63, 3.8) is 0 Å². The molecule has 0 saturated carbocycles. The standard InChI is InChI=1S/C31H29N3O4S2/c1-4-38-25-12-8-9-22(18-25)29-23(20-34(32-29)24-10-6-5-7-11-24)19-28-30(35)33(31(39)40-28)16-15-21-13-14-26(36-2)27(17-21)37-3/h5-14,17-20H,4,15-16H2,1-3H3/b28-19-. The molecular weight excluding hydrogens is 542 g/mol. The number of benzene rings is 3. The minimum absolute atomic E-state index is 0.114. The van der Waals surface area contributed by atoms with Crippen LogP contribution in [-0.2, 0) is 11.2 Å². The lowest BCUT2D eigenvalue weighted by atomic mass is 10.1. The monoisotopic (exact) mass is 571 g/mol. The van der Waals surface area contributed by atoms with Gasteiger partial charge in [-0.2, -0.15) is 5.10 Å². The summed E-state index contributed by atoms with van der Waals surface area (Å²) in [6.45, 7) is 2.99. The Hall–Kier alpha value is -4.08. The largest absolute Gasteiger partial charge is 0.494 e. The van der Waals surface area contributed by atoms with Crippen LogP contribution in [-0.4, -0.2) is 52.3 Å². The highest BCUT2D eigenvalue weighted by molar-refractivity contribution is 8.26. The van der Waals surface area contributed by atoms with Crippen LogP contribution in [0.3, 0.4) is 0 Å². The number of hydrogen-bond acceptors (Lipinski definition) is 7. The third-order valence-corrected chi connectivity index (χ3v) is 7.79. The van der Waals surface area contributed by atoms with E-state index in [1.165, 1.54) is 11.8 Å². The average Bonchev–Trinajstić information content (AvgIpc) is 3.52. The molecule has 3 aromatic carbocycles. The topological polar surface area (TPSA) is 65.8 Å². The third kappa shape index (κ3) is 5.90. The molecule has 5 rings (SSSR count). The van der Waals surface area contributed by atoms with Crippen molar-refractivity contribution in [2.45, 2.75) is 13.3 Å². The maximum absolute atomic E-state index is 13.5. The van der Waals surface area contributed by atoms with Gasteiger partial charge < -0.3 is 14.2 Å². The van der Waals surface area contributed by atoms with Crippen LogP contribution >= 0.6 is 24.0 Å². The van der Waals surface area contributed by atoms with Crippen molar-refractivity contribution in [3.8, 4) is 34.2 Å². The van der Waals surface area contributed by atoms with Gasteiger partial charge in [0.2, 0.25) is 0 Å². The molecule has 1 amide bonds. The molecule has 1 aliphatic heterocycles. The highest BCUT2D eigenvalue weighted by Gasteiger charge is 2.32. The van der Waals surface area contributed by atoms with E-state index in [4.69, 9.17) is 31.5 Å². The number of para-hydroxylation sites is 1. The summed E-state index contributed by atoms with van der Waals surface area (Å²) in [5, 5.41) is 4.89. The summed E-state index contributed by atoms with van der Waals surface area (Å²) in [6, 6.07) is 23.5. The highest BCUT2D eigenvalue weighted by atomic mass is 32.2. The molecule has 0 radical (unpaired) electrons. The summed E-state index contributed by atoms with van der Waals surface area (Å²) >= 11 is 6.92. The zero-order chi connectivity index (χ0) is 28.1. The first-order valence-electron chi connectivity index (χ1n) is 12.8. The number of aromatic nitrogens is 2. The molecule has 7 nitrogen and oxygen atoms in total. The van der Waals surface area contributed by atoms with E-state index in [2.05, 4.69) is 0 Å². The van der Waals surface area contributed by atoms with Crippen LogP contribution in [0.4, 0.5) is 0 Å². The van der Waals surface area contributed by atoms with Gasteiger partial charge in [-0.15, -0.1) is 0 Å². The summed E-state index contributed by atoms with van der Waals surface area (Å²) in [5.74, 6) is 1.97. The summed E-state index contributed by atoms with van der Waals surface area (Å²) in [5.41, 5.74) is 4.41. The van der Waals surface area contributed by atoms with Crippen molar-refractivity contribution in [1.29, 1.82) is 0 Å². The lowest BCUT2D eigenvalue weighted by molar-refractivity contribution is -0.122. The molecule has 1 aromatic heterocycles. The average molecular weight is 572 g/mol. The number of amides is 1. The van der Waals surface area contributed by atoms with E-state index in [0.29, 0.717) is 40.3 Å². The third-order valence-electron chi connectivity index (χ3n) is 6.41. The number of thiocarbonyl (C=S) groups is 1. The van der Waals surface area contributed by atoms with Gasteiger partial charge in [0.05, 0.1) is 31.4 Å². The number of nitrogens with zero attached hydrogens (tertiary/aromatic N) is 3. The van der Waals surface area contributed by atoms with Gasteiger partial charge in [0.25, 0.3) is 5.91 Å². The molecule has 0 N–H and O–H groups in total. The Morgan fingerprint density at radius 3 is 2.52 bits per heavy atom. The summed E-state index contributed by atoms with van der Waals surface area (Å²) in [7, 11) is 3.21. The molecule has 1 aliphatic rings. The van der Waals surface area contributed by atoms with Gasteiger partial charge in [0, 0.05) is 23.9 Å². The molecule has 4 aromatic rings. The lowest BCUT2D eigenvalue weighted by Gasteiger charge is -2.15. The molecule has 1 saturated heterocycles. The van der Waals surface area contributed by atoms with Gasteiger partial charge in [-0.25, -0.2) is 4.68 Å². The minimum atomic E-state index is -0.114. The second kappa shape index (κ2) is 12.4. The number of ether oxygens (including phenoxy) is 3. The van der Waals surface area contributed by atoms with Crippen LogP contribution in [0.15, 0.2) is 83.9 Å². The zero-order valence-electron chi connectivity index (χ0n) is 22.5. The molecule has 0 bridgehead atoms. The molecule has 2 heterocycles. The van der Waals surface area contributed by atoms with E-state index in [1.54, 1.807) is 19.1 Å². The fourth-order valence-electron chi connectivity index (χ4n) is 4.44. The number of carbonyl (C=O) groups excluding carboxylic acids is 1. The van der Waals surface area contributed by atoms with Gasteiger partial charge in [-0.1, -0.05) is 60.4 Å². The molecular formula is C31H29N3O4S2. The van der Waals surface area contributed by atoms with Crippen LogP contribution in [0.25, 0.3) is 23.0 Å². The first kappa shape index (κ1) is 27.5. The van der Waals surface area contributed by atoms with Crippen molar-refractivity contribution in [2.75, 3.05) is 27.4 Å². The number of thioether (sulfide) groups is 1. The van der Waals surface area contributed by atoms with Gasteiger partial charge in [0.15, 0.2) is 11.5 Å². The SMILES string of the molecule is CCOc1cccc(-c2nn(-c3ccccc3)cc2/C=C2\SC(=S)N(CCc3ccc(OC)c(OC)c3)C2=O)c1. The maximum Gasteiger partial charge on any atom is 0.266 e. The molecule has 1 fully saturated rings. The molecule has 40 heavy (non-hydrogen) atoms. The smallest absolute Gasteiger partial charge is 0.266 e. The fourth-order valence-corrected chi connectivity index (χ4v) is 5.74. The second-order valence-electron chi connectivity index (χ2n) is 8.95. The highest BCUT2D eigenvalue weighted by Crippen LogP contribution is 2.36. The predicted octanol–water partition coefficient (Wildman–Crippen LogP) is 6.40. The molecule has 0 atom stereocenters. The molecule has 0 unspecified atom stereocenters. The first-order valence-corrected chi connectivity index (χ1v) is 14.1. The van der Waals surface area contributed by atoms with Crippen molar-refractivity contribution in [1.82, 2.24) is 14.7 Å². The Balaban J connectivity index is 1.43. The first-order chi connectivity index (χ1) is 19.5. The Labute approximate surface area is 243 Å². The van der Waals surface area contributed by atoms with E-state index in [0.717, 1.165) is 33.8 Å². The van der Waals surface area contributed by atoms with Crippen molar-refractivity contribution < 1.29 is 19.0 Å². The second-order valence-corrected chi connectivity index (χ2v) is 10.6. The summed E-state index contributed by atoms with van der Waals surface area (Å²) in [6.07, 6.45) is 4.44. The van der Waals surface area contributed by atoms with E-state index < -0.39 is 0 Å². The fraction of sp³-hybridized carbons (Fsp3) is 0.194. The Morgan fingerprint density at radius 2 is 1.77 bits per heavy atom. The molecule has 9 heteroatoms. The number of carbonyl (C=O) groups is 1. The van der Waals surface area contributed by atoms with Gasteiger partial charge in [0.1, 0.15) is 15.8 Å². The quantitative estimate of drug-likeness (QED) is 0.161. The Kier molecular flexibility index (Phi) is 8.52. The van der Waals surface area contributed by atoms with Crippen molar-refractivity contribution in [3.05, 3.63) is 95.0 Å². The van der Waals surface area contributed by atoms with Crippen LogP contribution in [0.5, 0.6) is 17.2 Å². The Morgan fingerprint density at radius 1 is 0.975 bits per heavy atom. The van der Waals surface area contributed by atoms with Crippen molar-refractivity contribution in [2.24, 2.45) is 0 Å². The maximum atomic E-state index is 13.5. The lowest BCUT2D eigenvalue weighted by Crippen LogP contribution is -2.30. The van der Waals surface area contributed by atoms with E-state index in [1.807, 2.05) is 96.7 Å². The van der Waals surface area contributed by atoms with Gasteiger partial charge in [-0.3, -0.25) is 9.69 Å². The molecule has 204 valence electrons. The Bertz CT molecular complexity index is 1570. The zero-order valence-corrected chi connectivity index (χ0v) is 24.1. The molecule has 0 spiro atoms. The number of methoxy groups -OCH3 is 2. The predicted molar refractivity (Wildman–Crippen MR) is 163 cm³/mol. The van der Waals surface area contributed by atoms with E-state index in [9.17, 15) is 4.79 Å².